The van der Waals surface area contributed by atoms with Crippen LogP contribution in [0.2, 0.25) is 0 Å². The third-order valence-corrected chi connectivity index (χ3v) is 5.24. The van der Waals surface area contributed by atoms with Crippen LogP contribution in [-0.2, 0) is 6.18 Å². The van der Waals surface area contributed by atoms with Gasteiger partial charge in [0.05, 0.1) is 11.6 Å². The molecule has 0 heterocycles. The molecule has 0 aromatic heterocycles. The summed E-state index contributed by atoms with van der Waals surface area (Å²) in [5, 5.41) is 3.09. The molecule has 0 bridgehead atoms. The smallest absolute Gasteiger partial charge is 0.341 e. The number of nitrogens with one attached hydrogen (secondary N) is 1. The average Bonchev–Trinajstić information content (AvgIpc) is 2.83. The van der Waals surface area contributed by atoms with Gasteiger partial charge in [-0.2, -0.15) is 13.2 Å². The molecule has 4 aromatic carbocycles. The molecule has 0 saturated heterocycles. The summed E-state index contributed by atoms with van der Waals surface area (Å²) in [6.07, 6.45) is -4.41. The molecule has 0 fully saturated rings. The third-order valence-electron chi connectivity index (χ3n) is 5.24. The van der Waals surface area contributed by atoms with E-state index < -0.39 is 11.7 Å². The van der Waals surface area contributed by atoms with Crippen molar-refractivity contribution in [1.82, 2.24) is 5.32 Å². The highest BCUT2D eigenvalue weighted by Gasteiger charge is 2.30. The quantitative estimate of drug-likeness (QED) is 0.366. The van der Waals surface area contributed by atoms with Gasteiger partial charge in [-0.25, -0.2) is 0 Å². The van der Waals surface area contributed by atoms with E-state index in [2.05, 4.69) is 5.32 Å². The van der Waals surface area contributed by atoms with Crippen LogP contribution in [0, 0.1) is 0 Å². The number of rotatable bonds is 5. The molecule has 2 nitrogen and oxygen atoms in total. The molecule has 1 N–H and O–H groups in total. The van der Waals surface area contributed by atoms with E-state index in [-0.39, 0.29) is 11.9 Å². The zero-order valence-corrected chi connectivity index (χ0v) is 17.0. The fraction of sp³-hybridized carbons (Fsp3) is 0.0741. The maximum atomic E-state index is 13.3. The Morgan fingerprint density at radius 2 is 1.16 bits per heavy atom. The highest BCUT2D eigenvalue weighted by molar-refractivity contribution is 6.01. The van der Waals surface area contributed by atoms with Crippen LogP contribution in [0.5, 0.6) is 0 Å². The van der Waals surface area contributed by atoms with E-state index in [1.807, 2.05) is 60.7 Å². The molecule has 0 aliphatic heterocycles. The molecule has 5 heteroatoms. The fourth-order valence-corrected chi connectivity index (χ4v) is 3.63. The lowest BCUT2D eigenvalue weighted by Crippen LogP contribution is -2.29. The van der Waals surface area contributed by atoms with Crippen molar-refractivity contribution in [2.24, 2.45) is 0 Å². The minimum absolute atomic E-state index is 0.307. The van der Waals surface area contributed by atoms with Gasteiger partial charge < -0.3 is 5.32 Å². The average molecular weight is 431 g/mol. The molecule has 0 aliphatic carbocycles. The molecule has 4 rings (SSSR count). The lowest BCUT2D eigenvalue weighted by atomic mass is 9.96. The molecular weight excluding hydrogens is 411 g/mol. The molecule has 0 atom stereocenters. The van der Waals surface area contributed by atoms with Gasteiger partial charge >= 0.3 is 6.18 Å². The predicted molar refractivity (Wildman–Crippen MR) is 119 cm³/mol. The predicted octanol–water partition coefficient (Wildman–Crippen LogP) is 6.89. The minimum atomic E-state index is -4.41. The molecular formula is C27H20F3NO. The lowest BCUT2D eigenvalue weighted by Gasteiger charge is -2.21. The van der Waals surface area contributed by atoms with Gasteiger partial charge in [0.25, 0.3) is 5.91 Å². The number of carbonyl (C=O) groups excluding carboxylic acids is 1. The van der Waals surface area contributed by atoms with E-state index in [4.69, 9.17) is 0 Å². The van der Waals surface area contributed by atoms with Gasteiger partial charge in [-0.15, -0.1) is 0 Å². The molecule has 4 aromatic rings. The van der Waals surface area contributed by atoms with E-state index in [9.17, 15) is 18.0 Å². The number of hydrogen-bond donors (Lipinski definition) is 1. The van der Waals surface area contributed by atoms with Gasteiger partial charge in [-0.1, -0.05) is 91.0 Å². The second-order valence-corrected chi connectivity index (χ2v) is 7.35. The summed E-state index contributed by atoms with van der Waals surface area (Å²) in [7, 11) is 0. The van der Waals surface area contributed by atoms with Crippen LogP contribution < -0.4 is 5.32 Å². The molecule has 32 heavy (non-hydrogen) atoms. The van der Waals surface area contributed by atoms with E-state index in [1.165, 1.54) is 12.1 Å². The minimum Gasteiger partial charge on any atom is -0.341 e. The normalized spacial score (nSPS) is 11.4. The first-order valence-electron chi connectivity index (χ1n) is 10.1. The zero-order valence-electron chi connectivity index (χ0n) is 17.0. The van der Waals surface area contributed by atoms with Gasteiger partial charge in [0.2, 0.25) is 0 Å². The Hall–Kier alpha value is -3.86. The van der Waals surface area contributed by atoms with Crippen LogP contribution in [0.4, 0.5) is 13.2 Å². The molecule has 0 unspecified atom stereocenters. The first kappa shape index (κ1) is 21.4. The summed E-state index contributed by atoms with van der Waals surface area (Å²) >= 11 is 0. The number of carbonyl (C=O) groups is 1. The van der Waals surface area contributed by atoms with E-state index >= 15 is 0 Å². The third kappa shape index (κ3) is 4.72. The number of amides is 1. The van der Waals surface area contributed by atoms with E-state index in [1.54, 1.807) is 24.3 Å². The van der Waals surface area contributed by atoms with Crippen LogP contribution in [-0.4, -0.2) is 5.91 Å². The molecule has 1 amide bonds. The number of benzene rings is 4. The summed E-state index contributed by atoms with van der Waals surface area (Å²) in [6, 6.07) is 30.6. The Bertz CT molecular complexity index is 1150. The van der Waals surface area contributed by atoms with Crippen molar-refractivity contribution in [1.29, 1.82) is 0 Å². The van der Waals surface area contributed by atoms with Gasteiger partial charge in [0, 0.05) is 5.56 Å². The van der Waals surface area contributed by atoms with Crippen LogP contribution in [0.1, 0.15) is 33.1 Å². The van der Waals surface area contributed by atoms with Crippen molar-refractivity contribution < 1.29 is 18.0 Å². The van der Waals surface area contributed by atoms with Crippen LogP contribution in [0.15, 0.2) is 109 Å². The number of alkyl halides is 3. The van der Waals surface area contributed by atoms with Gasteiger partial charge in [0.15, 0.2) is 0 Å². The topological polar surface area (TPSA) is 29.1 Å². The highest BCUT2D eigenvalue weighted by atomic mass is 19.4. The summed E-state index contributed by atoms with van der Waals surface area (Å²) in [5.41, 5.74) is 2.64. The van der Waals surface area contributed by atoms with Gasteiger partial charge in [0.1, 0.15) is 0 Å². The zero-order chi connectivity index (χ0) is 22.6. The second-order valence-electron chi connectivity index (χ2n) is 7.35. The fourth-order valence-electron chi connectivity index (χ4n) is 3.63. The van der Waals surface area contributed by atoms with Crippen molar-refractivity contribution in [2.45, 2.75) is 12.2 Å². The monoisotopic (exact) mass is 431 g/mol. The van der Waals surface area contributed by atoms with E-state index in [0.29, 0.717) is 16.7 Å². The summed E-state index contributed by atoms with van der Waals surface area (Å²) in [5.74, 6) is -0.307. The standard InChI is InChI=1S/C27H20F3NO/c28-27(29,30)22-17-15-19(16-18-22)23-13-7-8-14-24(23)26(32)31-25(20-9-3-1-4-10-20)21-11-5-2-6-12-21/h1-18,25H,(H,31,32). The van der Waals surface area contributed by atoms with Gasteiger partial charge in [-0.3, -0.25) is 4.79 Å². The Kier molecular flexibility index (Phi) is 6.08. The van der Waals surface area contributed by atoms with E-state index in [0.717, 1.165) is 23.3 Å². The summed E-state index contributed by atoms with van der Waals surface area (Å²) in [6.45, 7) is 0. The Balaban J connectivity index is 1.68. The van der Waals surface area contributed by atoms with Crippen molar-refractivity contribution in [2.75, 3.05) is 0 Å². The maximum Gasteiger partial charge on any atom is 0.416 e. The second kappa shape index (κ2) is 9.10. The number of halogens is 3. The van der Waals surface area contributed by atoms with Crippen molar-refractivity contribution >= 4 is 5.91 Å². The largest absolute Gasteiger partial charge is 0.416 e. The Labute approximate surface area is 184 Å². The summed E-state index contributed by atoms with van der Waals surface area (Å²) in [4.78, 5) is 13.3. The maximum absolute atomic E-state index is 13.3. The lowest BCUT2D eigenvalue weighted by molar-refractivity contribution is -0.137. The van der Waals surface area contributed by atoms with Crippen molar-refractivity contribution in [3.8, 4) is 11.1 Å². The SMILES string of the molecule is O=C(NC(c1ccccc1)c1ccccc1)c1ccccc1-c1ccc(C(F)(F)F)cc1. The highest BCUT2D eigenvalue weighted by Crippen LogP contribution is 2.32. The first-order chi connectivity index (χ1) is 15.4. The van der Waals surface area contributed by atoms with Crippen LogP contribution in [0.25, 0.3) is 11.1 Å². The molecule has 160 valence electrons. The van der Waals surface area contributed by atoms with Crippen LogP contribution in [0.3, 0.4) is 0 Å². The van der Waals surface area contributed by atoms with Crippen molar-refractivity contribution in [3.05, 3.63) is 131 Å². The molecule has 0 radical (unpaired) electrons. The molecule has 0 aliphatic rings. The first-order valence-corrected chi connectivity index (χ1v) is 10.1. The molecule has 0 spiro atoms. The van der Waals surface area contributed by atoms with Gasteiger partial charge in [-0.05, 0) is 40.5 Å². The van der Waals surface area contributed by atoms with Crippen LogP contribution >= 0.6 is 0 Å². The van der Waals surface area contributed by atoms with Crippen molar-refractivity contribution in [3.63, 3.8) is 0 Å². The Morgan fingerprint density at radius 3 is 1.69 bits per heavy atom. The number of hydrogen-bond acceptors (Lipinski definition) is 1. The molecule has 0 saturated carbocycles. The Morgan fingerprint density at radius 1 is 0.656 bits per heavy atom. The summed E-state index contributed by atoms with van der Waals surface area (Å²) < 4.78 is 38.8.